The van der Waals surface area contributed by atoms with Crippen LogP contribution >= 0.6 is 22.7 Å². The molecule has 0 fully saturated rings. The van der Waals surface area contributed by atoms with E-state index < -0.39 is 23.6 Å². The number of rotatable bonds is 6. The molecule has 2 amide bonds. The van der Waals surface area contributed by atoms with Crippen LogP contribution in [-0.4, -0.2) is 41.1 Å². The van der Waals surface area contributed by atoms with Crippen LogP contribution in [0.3, 0.4) is 0 Å². The molecule has 41 heavy (non-hydrogen) atoms. The van der Waals surface area contributed by atoms with Crippen molar-refractivity contribution in [2.24, 2.45) is 5.10 Å². The Hall–Kier alpha value is -2.92. The van der Waals surface area contributed by atoms with E-state index in [2.05, 4.69) is 15.4 Å². The van der Waals surface area contributed by atoms with Crippen LogP contribution in [0.4, 0.5) is 18.9 Å². The van der Waals surface area contributed by atoms with E-state index in [0.29, 0.717) is 22.6 Å². The Morgan fingerprint density at radius 2 is 1.73 bits per heavy atom. The van der Waals surface area contributed by atoms with Crippen molar-refractivity contribution >= 4 is 52.4 Å². The molecule has 0 aliphatic carbocycles. The van der Waals surface area contributed by atoms with Gasteiger partial charge < -0.3 is 20.3 Å². The maximum absolute atomic E-state index is 12.8. The summed E-state index contributed by atoms with van der Waals surface area (Å²) < 4.78 is 38.3. The number of amides is 2. The molecule has 3 aromatic heterocycles. The van der Waals surface area contributed by atoms with E-state index >= 15 is 0 Å². The predicted octanol–water partition coefficient (Wildman–Crippen LogP) is 1.66. The van der Waals surface area contributed by atoms with Gasteiger partial charge in [-0.25, -0.2) is 0 Å². The number of halogens is 3. The van der Waals surface area contributed by atoms with E-state index in [1.54, 1.807) is 38.4 Å². The van der Waals surface area contributed by atoms with Crippen molar-refractivity contribution in [2.75, 3.05) is 12.1 Å². The first kappa shape index (κ1) is 34.3. The van der Waals surface area contributed by atoms with Crippen LogP contribution < -0.4 is 66.8 Å². The zero-order valence-electron chi connectivity index (χ0n) is 21.8. The summed E-state index contributed by atoms with van der Waals surface area (Å²) in [6.45, 7) is 1.54. The zero-order chi connectivity index (χ0) is 29.4. The number of hydrogen-bond donors (Lipinski definition) is 2. The van der Waals surface area contributed by atoms with E-state index in [1.165, 1.54) is 35.9 Å². The SMILES string of the molecule is CC=NN(C(=O)c1ccc(C(=O)[O-])s1)c1csc(-c2ccc(C(F)(F)F)cc2)c1O.CNC(=O)c1ccccn1.[K+]. The average Bonchev–Trinajstić information content (AvgIpc) is 3.59. The Morgan fingerprint density at radius 3 is 2.24 bits per heavy atom. The number of anilines is 1. The van der Waals surface area contributed by atoms with E-state index in [1.807, 2.05) is 0 Å². The van der Waals surface area contributed by atoms with Gasteiger partial charge in [-0.05, 0) is 48.9 Å². The standard InChI is InChI=1S/C19H13F3N2O4S2.C7H8N2O.K/c1-2-23-24(17(26)13-7-8-14(30-13)18(27)28)12-9-29-16(15(12)25)10-3-5-11(6-4-10)19(20,21)22;1-8-7(10)6-4-2-3-5-9-6;/h2-9,25H,1H3,(H,27,28);2-5H,1H3,(H,8,10);/q;;+1/p-1. The minimum absolute atomic E-state index is 0. The number of aromatic carboxylic acids is 1. The maximum atomic E-state index is 12.8. The predicted molar refractivity (Wildman–Crippen MR) is 144 cm³/mol. The van der Waals surface area contributed by atoms with Crippen molar-refractivity contribution in [1.29, 1.82) is 0 Å². The molecule has 1 aromatic carbocycles. The molecule has 4 aromatic rings. The number of hydrazone groups is 1. The fourth-order valence-electron chi connectivity index (χ4n) is 3.14. The molecule has 0 spiro atoms. The molecule has 9 nitrogen and oxygen atoms in total. The average molecular weight is 629 g/mol. The third-order valence-corrected chi connectivity index (χ3v) is 7.07. The summed E-state index contributed by atoms with van der Waals surface area (Å²) in [4.78, 5) is 38.6. The summed E-state index contributed by atoms with van der Waals surface area (Å²) >= 11 is 1.72. The molecule has 208 valence electrons. The molecule has 3 heterocycles. The van der Waals surface area contributed by atoms with Crippen molar-refractivity contribution in [3.8, 4) is 16.2 Å². The van der Waals surface area contributed by atoms with Crippen LogP contribution in [0.1, 0.15) is 42.3 Å². The molecule has 4 rings (SSSR count). The van der Waals surface area contributed by atoms with Gasteiger partial charge in [0.05, 0.1) is 26.2 Å². The first-order valence-corrected chi connectivity index (χ1v) is 12.9. The Morgan fingerprint density at radius 1 is 1.07 bits per heavy atom. The first-order chi connectivity index (χ1) is 19.0. The molecule has 0 unspecified atom stereocenters. The Balaban J connectivity index is 0.000000452. The maximum Gasteiger partial charge on any atom is 1.00 e. The number of aromatic nitrogens is 1. The largest absolute Gasteiger partial charge is 1.00 e. The van der Waals surface area contributed by atoms with E-state index in [9.17, 15) is 37.8 Å². The van der Waals surface area contributed by atoms with E-state index in [4.69, 9.17) is 0 Å². The van der Waals surface area contributed by atoms with Crippen molar-refractivity contribution in [3.05, 3.63) is 87.2 Å². The topological polar surface area (TPSA) is 135 Å². The summed E-state index contributed by atoms with van der Waals surface area (Å²) in [5.74, 6) is -2.60. The number of carboxylic acids is 1. The van der Waals surface area contributed by atoms with Crippen molar-refractivity contribution in [3.63, 3.8) is 0 Å². The van der Waals surface area contributed by atoms with Crippen molar-refractivity contribution in [1.82, 2.24) is 10.3 Å². The quantitative estimate of drug-likeness (QED) is 0.190. The monoisotopic (exact) mass is 628 g/mol. The van der Waals surface area contributed by atoms with Gasteiger partial charge in [-0.2, -0.15) is 23.3 Å². The third-order valence-electron chi connectivity index (χ3n) is 5.01. The first-order valence-electron chi connectivity index (χ1n) is 11.2. The second kappa shape index (κ2) is 15.3. The van der Waals surface area contributed by atoms with Crippen LogP contribution in [0.25, 0.3) is 10.4 Å². The number of nitrogens with one attached hydrogen (secondary N) is 1. The second-order valence-corrected chi connectivity index (χ2v) is 9.57. The minimum atomic E-state index is -4.48. The Labute approximate surface area is 282 Å². The molecule has 0 saturated carbocycles. The number of carbonyl (C=O) groups is 3. The van der Waals surface area contributed by atoms with Crippen LogP contribution in [0.15, 0.2) is 71.3 Å². The number of benzene rings is 1. The summed E-state index contributed by atoms with van der Waals surface area (Å²) in [5, 5.41) is 30.3. The molecule has 0 saturated heterocycles. The van der Waals surface area contributed by atoms with Crippen LogP contribution in [-0.2, 0) is 6.18 Å². The van der Waals surface area contributed by atoms with Gasteiger partial charge in [0.15, 0.2) is 5.75 Å². The number of hydrogen-bond acceptors (Lipinski definition) is 9. The number of pyridine rings is 1. The summed E-state index contributed by atoms with van der Waals surface area (Å²) in [5.41, 5.74) is -0.0253. The number of carbonyl (C=O) groups excluding carboxylic acids is 3. The smallest absolute Gasteiger partial charge is 0.544 e. The van der Waals surface area contributed by atoms with Crippen LogP contribution in [0.2, 0.25) is 0 Å². The van der Waals surface area contributed by atoms with E-state index in [-0.39, 0.29) is 83.4 Å². The van der Waals surface area contributed by atoms with Crippen molar-refractivity contribution < 1.29 is 89.2 Å². The Kier molecular flexibility index (Phi) is 12.8. The summed E-state index contributed by atoms with van der Waals surface area (Å²) in [7, 11) is 1.58. The molecule has 0 bridgehead atoms. The molecule has 0 aliphatic rings. The van der Waals surface area contributed by atoms with Gasteiger partial charge in [0, 0.05) is 24.8 Å². The summed E-state index contributed by atoms with van der Waals surface area (Å²) in [6.07, 6.45) is -1.59. The van der Waals surface area contributed by atoms with Gasteiger partial charge in [-0.1, -0.05) is 18.2 Å². The van der Waals surface area contributed by atoms with Gasteiger partial charge in [-0.15, -0.1) is 22.7 Å². The fraction of sp³-hybridized carbons (Fsp3) is 0.115. The van der Waals surface area contributed by atoms with Crippen LogP contribution in [0.5, 0.6) is 5.75 Å². The number of carboxylic acid groups (broad SMARTS) is 1. The van der Waals surface area contributed by atoms with Crippen molar-refractivity contribution in [2.45, 2.75) is 13.1 Å². The molecule has 2 N–H and O–H groups in total. The van der Waals surface area contributed by atoms with Gasteiger partial charge in [0.25, 0.3) is 11.8 Å². The fourth-order valence-corrected chi connectivity index (χ4v) is 4.84. The summed E-state index contributed by atoms with van der Waals surface area (Å²) in [6, 6.07) is 12.0. The van der Waals surface area contributed by atoms with Gasteiger partial charge >= 0.3 is 57.6 Å². The normalized spacial score (nSPS) is 10.8. The number of aromatic hydroxyl groups is 1. The van der Waals surface area contributed by atoms with Gasteiger partial charge in [0.2, 0.25) is 0 Å². The molecule has 0 atom stereocenters. The van der Waals surface area contributed by atoms with E-state index in [0.717, 1.165) is 28.5 Å². The number of thiophene rings is 2. The molecule has 0 radical (unpaired) electrons. The number of alkyl halides is 3. The number of nitrogens with zero attached hydrogens (tertiary/aromatic N) is 3. The molecule has 0 aliphatic heterocycles. The van der Waals surface area contributed by atoms with Gasteiger partial charge in [-0.3, -0.25) is 14.6 Å². The molecular formula is C26H20F3KN4O5S2. The molecule has 15 heteroatoms. The third kappa shape index (κ3) is 8.78. The molecular weight excluding hydrogens is 609 g/mol. The Bertz CT molecular complexity index is 1520. The van der Waals surface area contributed by atoms with Gasteiger partial charge in [0.1, 0.15) is 11.4 Å². The second-order valence-electron chi connectivity index (χ2n) is 7.61. The zero-order valence-corrected chi connectivity index (χ0v) is 26.6. The van der Waals surface area contributed by atoms with Crippen LogP contribution in [0, 0.1) is 0 Å². The minimum Gasteiger partial charge on any atom is -0.544 e.